The van der Waals surface area contributed by atoms with Gasteiger partial charge in [0.2, 0.25) is 10.0 Å². The molecule has 0 atom stereocenters. The molecule has 8 heteroatoms. The number of fused-ring (bicyclic) bond motifs is 1. The van der Waals surface area contributed by atoms with Gasteiger partial charge in [0, 0.05) is 11.2 Å². The number of benzene rings is 2. The van der Waals surface area contributed by atoms with Gasteiger partial charge in [-0.1, -0.05) is 12.1 Å². The molecule has 5 nitrogen and oxygen atoms in total. The molecule has 1 aromatic heterocycles. The number of amides is 1. The summed E-state index contributed by atoms with van der Waals surface area (Å²) in [7, 11) is -3.70. The molecule has 3 aromatic rings. The number of nitrogens with one attached hydrogen (secondary N) is 1. The Morgan fingerprint density at radius 3 is 2.52 bits per heavy atom. The smallest absolute Gasteiger partial charge is 0.261 e. The number of nitrogens with two attached hydrogens (primary N) is 1. The molecule has 2 aromatic carbocycles. The molecule has 1 heterocycles. The maximum atomic E-state index is 13.2. The van der Waals surface area contributed by atoms with Gasteiger partial charge < -0.3 is 5.32 Å². The van der Waals surface area contributed by atoms with Crippen LogP contribution in [0.4, 0.5) is 4.39 Å². The van der Waals surface area contributed by atoms with Crippen molar-refractivity contribution >= 4 is 37.4 Å². The lowest BCUT2D eigenvalue weighted by Gasteiger charge is -2.05. The Hall–Kier alpha value is -2.29. The van der Waals surface area contributed by atoms with Gasteiger partial charge in [0.1, 0.15) is 5.82 Å². The van der Waals surface area contributed by atoms with Crippen LogP contribution in [0.5, 0.6) is 0 Å². The van der Waals surface area contributed by atoms with Crippen LogP contribution in [0, 0.1) is 5.82 Å². The molecule has 0 saturated heterocycles. The van der Waals surface area contributed by atoms with Crippen molar-refractivity contribution in [2.24, 2.45) is 5.14 Å². The molecule has 3 N–H and O–H groups in total. The van der Waals surface area contributed by atoms with Crippen LogP contribution >= 0.6 is 11.3 Å². The molecule has 1 amide bonds. The standard InChI is InChI=1S/C17H15FN2O3S2/c18-13-3-6-15-12(9-13)10-16(24-15)17(21)20-8-7-11-1-4-14(5-2-11)25(19,22)23/h1-6,9-10H,7-8H2,(H,20,21)(H2,19,22,23). The van der Waals surface area contributed by atoms with E-state index in [1.807, 2.05) is 0 Å². The van der Waals surface area contributed by atoms with Crippen LogP contribution in [0.1, 0.15) is 15.2 Å². The molecule has 0 aliphatic heterocycles. The maximum absolute atomic E-state index is 13.2. The van der Waals surface area contributed by atoms with Gasteiger partial charge in [0.15, 0.2) is 0 Å². The Morgan fingerprint density at radius 2 is 1.84 bits per heavy atom. The number of carbonyl (C=O) groups excluding carboxylic acids is 1. The van der Waals surface area contributed by atoms with Gasteiger partial charge in [-0.25, -0.2) is 17.9 Å². The number of carbonyl (C=O) groups is 1. The van der Waals surface area contributed by atoms with Gasteiger partial charge in [0.05, 0.1) is 9.77 Å². The van der Waals surface area contributed by atoms with E-state index in [0.29, 0.717) is 23.2 Å². The summed E-state index contributed by atoms with van der Waals surface area (Å²) in [5.74, 6) is -0.553. The van der Waals surface area contributed by atoms with E-state index in [9.17, 15) is 17.6 Å². The normalized spacial score (nSPS) is 11.6. The topological polar surface area (TPSA) is 89.3 Å². The third kappa shape index (κ3) is 4.22. The lowest BCUT2D eigenvalue weighted by Crippen LogP contribution is -2.24. The largest absolute Gasteiger partial charge is 0.351 e. The summed E-state index contributed by atoms with van der Waals surface area (Å²) in [6, 6.07) is 12.3. The van der Waals surface area contributed by atoms with Crippen molar-refractivity contribution in [3.8, 4) is 0 Å². The predicted octanol–water partition coefficient (Wildman–Crippen LogP) is 2.66. The average Bonchev–Trinajstić information content (AvgIpc) is 2.97. The summed E-state index contributed by atoms with van der Waals surface area (Å²) >= 11 is 1.31. The zero-order valence-electron chi connectivity index (χ0n) is 13.0. The van der Waals surface area contributed by atoms with E-state index in [0.717, 1.165) is 10.3 Å². The number of thiophene rings is 1. The van der Waals surface area contributed by atoms with Crippen molar-refractivity contribution in [3.63, 3.8) is 0 Å². The first-order chi connectivity index (χ1) is 11.8. The molecular weight excluding hydrogens is 363 g/mol. The third-order valence-corrected chi connectivity index (χ3v) is 5.70. The monoisotopic (exact) mass is 378 g/mol. The summed E-state index contributed by atoms with van der Waals surface area (Å²) in [4.78, 5) is 12.8. The van der Waals surface area contributed by atoms with Crippen LogP contribution in [-0.4, -0.2) is 20.9 Å². The number of sulfonamides is 1. The Labute approximate surface area is 148 Å². The lowest BCUT2D eigenvalue weighted by molar-refractivity contribution is 0.0958. The van der Waals surface area contributed by atoms with Crippen molar-refractivity contribution in [1.82, 2.24) is 5.32 Å². The van der Waals surface area contributed by atoms with Crippen molar-refractivity contribution in [1.29, 1.82) is 0 Å². The maximum Gasteiger partial charge on any atom is 0.261 e. The van der Waals surface area contributed by atoms with Crippen LogP contribution < -0.4 is 10.5 Å². The molecule has 0 bridgehead atoms. The van der Waals surface area contributed by atoms with Crippen LogP contribution in [-0.2, 0) is 16.4 Å². The summed E-state index contributed by atoms with van der Waals surface area (Å²) in [5.41, 5.74) is 0.881. The number of rotatable bonds is 5. The minimum atomic E-state index is -3.70. The van der Waals surface area contributed by atoms with Crippen LogP contribution in [0.3, 0.4) is 0 Å². The van der Waals surface area contributed by atoms with E-state index in [1.165, 1.54) is 35.6 Å². The molecule has 0 unspecified atom stereocenters. The summed E-state index contributed by atoms with van der Waals surface area (Å²) in [5, 5.41) is 8.55. The summed E-state index contributed by atoms with van der Waals surface area (Å²) in [6.45, 7) is 0.399. The number of halogens is 1. The Bertz CT molecular complexity index is 1030. The van der Waals surface area contributed by atoms with E-state index in [2.05, 4.69) is 5.32 Å². The highest BCUT2D eigenvalue weighted by atomic mass is 32.2. The minimum absolute atomic E-state index is 0.0535. The Kier molecular flexibility index (Phi) is 4.85. The quantitative estimate of drug-likeness (QED) is 0.715. The van der Waals surface area contributed by atoms with Crippen molar-refractivity contribution < 1.29 is 17.6 Å². The van der Waals surface area contributed by atoms with Gasteiger partial charge in [-0.15, -0.1) is 11.3 Å². The van der Waals surface area contributed by atoms with E-state index >= 15 is 0 Å². The fraction of sp³-hybridized carbons (Fsp3) is 0.118. The fourth-order valence-electron chi connectivity index (χ4n) is 2.38. The second-order valence-corrected chi connectivity index (χ2v) is 8.13. The number of primary sulfonamides is 1. The van der Waals surface area contributed by atoms with Gasteiger partial charge in [-0.2, -0.15) is 0 Å². The van der Waals surface area contributed by atoms with Gasteiger partial charge in [-0.05, 0) is 53.8 Å². The molecule has 0 aliphatic rings. The molecule has 0 radical (unpaired) electrons. The zero-order valence-corrected chi connectivity index (χ0v) is 14.7. The molecule has 130 valence electrons. The lowest BCUT2D eigenvalue weighted by atomic mass is 10.1. The highest BCUT2D eigenvalue weighted by molar-refractivity contribution is 7.89. The van der Waals surface area contributed by atoms with Gasteiger partial charge >= 0.3 is 0 Å². The SMILES string of the molecule is NS(=O)(=O)c1ccc(CCNC(=O)c2cc3cc(F)ccc3s2)cc1. The van der Waals surface area contributed by atoms with E-state index < -0.39 is 10.0 Å². The molecule has 0 saturated carbocycles. The van der Waals surface area contributed by atoms with Crippen molar-refractivity contribution in [2.75, 3.05) is 6.54 Å². The summed E-state index contributed by atoms with van der Waals surface area (Å²) < 4.78 is 36.4. The second-order valence-electron chi connectivity index (χ2n) is 5.49. The molecular formula is C17H15FN2O3S2. The molecule has 0 spiro atoms. The average molecular weight is 378 g/mol. The highest BCUT2D eigenvalue weighted by Crippen LogP contribution is 2.26. The number of hydrogen-bond acceptors (Lipinski definition) is 4. The first kappa shape index (κ1) is 17.5. The molecule has 3 rings (SSSR count). The summed E-state index contributed by atoms with van der Waals surface area (Å²) in [6.07, 6.45) is 0.552. The molecule has 25 heavy (non-hydrogen) atoms. The van der Waals surface area contributed by atoms with Gasteiger partial charge in [-0.3, -0.25) is 4.79 Å². The second kappa shape index (κ2) is 6.91. The van der Waals surface area contributed by atoms with E-state index in [4.69, 9.17) is 5.14 Å². The number of hydrogen-bond donors (Lipinski definition) is 2. The van der Waals surface area contributed by atoms with Crippen molar-refractivity contribution in [3.05, 3.63) is 64.8 Å². The van der Waals surface area contributed by atoms with E-state index in [1.54, 1.807) is 24.3 Å². The zero-order chi connectivity index (χ0) is 18.0. The Morgan fingerprint density at radius 1 is 1.12 bits per heavy atom. The first-order valence-electron chi connectivity index (χ1n) is 7.42. The highest BCUT2D eigenvalue weighted by Gasteiger charge is 2.11. The predicted molar refractivity (Wildman–Crippen MR) is 95.6 cm³/mol. The van der Waals surface area contributed by atoms with Crippen molar-refractivity contribution in [2.45, 2.75) is 11.3 Å². The minimum Gasteiger partial charge on any atom is -0.351 e. The van der Waals surface area contributed by atoms with Crippen LogP contribution in [0.2, 0.25) is 0 Å². The first-order valence-corrected chi connectivity index (χ1v) is 9.78. The molecule has 0 aliphatic carbocycles. The fourth-order valence-corrected chi connectivity index (χ4v) is 3.85. The Balaban J connectivity index is 1.60. The van der Waals surface area contributed by atoms with E-state index in [-0.39, 0.29) is 16.6 Å². The van der Waals surface area contributed by atoms with Gasteiger partial charge in [0.25, 0.3) is 5.91 Å². The molecule has 0 fully saturated rings. The van der Waals surface area contributed by atoms with Crippen LogP contribution in [0.25, 0.3) is 10.1 Å². The van der Waals surface area contributed by atoms with Crippen LogP contribution in [0.15, 0.2) is 53.4 Å². The third-order valence-electron chi connectivity index (χ3n) is 3.65.